The number of aromatic nitrogens is 1. The number of ether oxygens (including phenoxy) is 1. The number of para-hydroxylation sites is 1. The van der Waals surface area contributed by atoms with Crippen molar-refractivity contribution in [2.45, 2.75) is 24.6 Å². The van der Waals surface area contributed by atoms with Crippen LogP contribution in [0.3, 0.4) is 0 Å². The van der Waals surface area contributed by atoms with E-state index < -0.39 is 66.4 Å². The number of halogens is 4. The summed E-state index contributed by atoms with van der Waals surface area (Å²) in [7, 11) is 2.68. The summed E-state index contributed by atoms with van der Waals surface area (Å²) in [5.41, 5.74) is 0.616. The Labute approximate surface area is 316 Å². The topological polar surface area (TPSA) is 188 Å². The summed E-state index contributed by atoms with van der Waals surface area (Å²) in [6, 6.07) is 14.4. The number of aliphatic hydroxyl groups excluding tert-OH is 1. The smallest absolute Gasteiger partial charge is 0.409 e. The van der Waals surface area contributed by atoms with Gasteiger partial charge in [-0.05, 0) is 36.4 Å². The zero-order chi connectivity index (χ0) is 39.3. The molecule has 5 rings (SSSR count). The van der Waals surface area contributed by atoms with Crippen LogP contribution >= 0.6 is 23.2 Å². The minimum Gasteiger partial charge on any atom is -0.409 e. The molecule has 2 atom stereocenters. The third-order valence-electron chi connectivity index (χ3n) is 8.55. The van der Waals surface area contributed by atoms with Crippen LogP contribution in [0.5, 0.6) is 5.75 Å². The number of carbonyl (C=O) groups is 4. The number of nitro groups is 1. The number of non-ortho nitro benzene ring substituents is 1. The number of hydrogen-bond donors (Lipinski definition) is 3. The zero-order valence-electron chi connectivity index (χ0n) is 28.7. The van der Waals surface area contributed by atoms with E-state index in [4.69, 9.17) is 27.9 Å². The quantitative estimate of drug-likeness (QED) is 0.0990. The number of fused-ring (bicyclic) bond motifs is 1. The molecule has 0 saturated carbocycles. The number of likely N-dealkylation sites (tertiary alicyclic amines) is 1. The number of benzene rings is 3. The summed E-state index contributed by atoms with van der Waals surface area (Å²) < 4.78 is 34.7. The van der Waals surface area contributed by atoms with Crippen LogP contribution in [0, 0.1) is 10.1 Å². The zero-order valence-corrected chi connectivity index (χ0v) is 30.2. The second kappa shape index (κ2) is 16.7. The number of carbonyl (C=O) groups excluding carboxylic acids is 4. The fraction of sp³-hybridized carbons (Fsp3) is 0.286. The molecule has 4 aromatic rings. The van der Waals surface area contributed by atoms with Crippen molar-refractivity contribution in [2.24, 2.45) is 0 Å². The molecule has 1 aromatic heterocycles. The van der Waals surface area contributed by atoms with E-state index in [1.165, 1.54) is 44.6 Å². The summed E-state index contributed by atoms with van der Waals surface area (Å²) in [6.45, 7) is -1.82. The fourth-order valence-electron chi connectivity index (χ4n) is 5.66. The first kappa shape index (κ1) is 39.7. The largest absolute Gasteiger partial charge is 0.415 e. The van der Waals surface area contributed by atoms with Gasteiger partial charge in [0.25, 0.3) is 17.5 Å². The summed E-state index contributed by atoms with van der Waals surface area (Å²) >= 11 is 12.2. The lowest BCUT2D eigenvalue weighted by Crippen LogP contribution is -2.50. The molecule has 4 amide bonds. The number of rotatable bonds is 12. The number of hydrogen-bond acceptors (Lipinski definition) is 10. The van der Waals surface area contributed by atoms with Crippen molar-refractivity contribution in [1.29, 1.82) is 0 Å². The third-order valence-corrected chi connectivity index (χ3v) is 9.10. The standard InChI is InChI=1S/C35H33Cl2F2N7O8/c1-43(33(50)28-17-35(38,39)19-45(28)30(47)18-41-31(48)23-11-12-40-26-6-4-3-5-22(23)26)13-14-44(2)34(51)54-29-10-7-20(36)15-24(29)32(49)42-27-9-8-21(46(52)53)16-25(27)37/h3-12,15-16,28,31,41,48H,13-14,17-19H2,1-2H3,(H,42,49). The highest BCUT2D eigenvalue weighted by Gasteiger charge is 2.50. The molecule has 1 saturated heterocycles. The number of nitrogens with one attached hydrogen (secondary N) is 2. The molecule has 0 aliphatic carbocycles. The SMILES string of the molecule is CN(CCN(C)C(=O)C1CC(F)(F)CN1C(=O)CNC(O)c1ccnc2ccccc12)C(=O)Oc1ccc(Cl)cc1C(=O)Nc1ccc([N+](=O)[O-])cc1Cl. The molecule has 1 fully saturated rings. The van der Waals surface area contributed by atoms with Gasteiger partial charge in [0.1, 0.15) is 18.0 Å². The fourth-order valence-corrected chi connectivity index (χ4v) is 6.05. The van der Waals surface area contributed by atoms with Gasteiger partial charge in [-0.3, -0.25) is 34.8 Å². The number of nitrogens with zero attached hydrogens (tertiary/aromatic N) is 5. The lowest BCUT2D eigenvalue weighted by Gasteiger charge is -2.29. The van der Waals surface area contributed by atoms with Crippen LogP contribution in [0.1, 0.15) is 28.6 Å². The van der Waals surface area contributed by atoms with Crippen molar-refractivity contribution < 1.29 is 42.7 Å². The van der Waals surface area contributed by atoms with Crippen molar-refractivity contribution in [2.75, 3.05) is 45.6 Å². The molecule has 3 aromatic carbocycles. The molecule has 0 spiro atoms. The minimum atomic E-state index is -3.34. The van der Waals surface area contributed by atoms with Gasteiger partial charge in [-0.25, -0.2) is 13.6 Å². The van der Waals surface area contributed by atoms with E-state index >= 15 is 0 Å². The molecular formula is C35H33Cl2F2N7O8. The van der Waals surface area contributed by atoms with Crippen LogP contribution in [0.2, 0.25) is 10.0 Å². The summed E-state index contributed by atoms with van der Waals surface area (Å²) in [4.78, 5) is 70.2. The molecule has 0 bridgehead atoms. The molecule has 2 unspecified atom stereocenters. The average Bonchev–Trinajstić information content (AvgIpc) is 3.48. The minimum absolute atomic E-state index is 0.0437. The summed E-state index contributed by atoms with van der Waals surface area (Å²) in [6.07, 6.45) is -1.70. The Morgan fingerprint density at radius 2 is 1.80 bits per heavy atom. The highest BCUT2D eigenvalue weighted by Crippen LogP contribution is 2.33. The second-order valence-corrected chi connectivity index (χ2v) is 13.2. The Morgan fingerprint density at radius 1 is 1.07 bits per heavy atom. The Hall–Kier alpha value is -5.49. The van der Waals surface area contributed by atoms with E-state index in [-0.39, 0.29) is 45.8 Å². The average molecular weight is 789 g/mol. The van der Waals surface area contributed by atoms with Crippen molar-refractivity contribution in [3.8, 4) is 5.75 Å². The van der Waals surface area contributed by atoms with E-state index in [0.29, 0.717) is 16.5 Å². The molecule has 2 heterocycles. The first-order valence-corrected chi connectivity index (χ1v) is 17.0. The predicted octanol–water partition coefficient (Wildman–Crippen LogP) is 5.11. The maximum atomic E-state index is 14.6. The highest BCUT2D eigenvalue weighted by molar-refractivity contribution is 6.34. The van der Waals surface area contributed by atoms with Gasteiger partial charge in [-0.1, -0.05) is 41.4 Å². The normalized spacial score (nSPS) is 15.4. The van der Waals surface area contributed by atoms with Gasteiger partial charge < -0.3 is 29.9 Å². The van der Waals surface area contributed by atoms with Gasteiger partial charge in [-0.15, -0.1) is 0 Å². The third kappa shape index (κ3) is 9.35. The number of anilines is 1. The van der Waals surface area contributed by atoms with E-state index in [0.717, 1.165) is 26.8 Å². The number of pyridine rings is 1. The number of nitro benzene ring substituents is 1. The van der Waals surface area contributed by atoms with Gasteiger partial charge in [-0.2, -0.15) is 0 Å². The molecule has 54 heavy (non-hydrogen) atoms. The van der Waals surface area contributed by atoms with Crippen LogP contribution < -0.4 is 15.4 Å². The maximum Gasteiger partial charge on any atom is 0.415 e. The summed E-state index contributed by atoms with van der Waals surface area (Å²) in [5.74, 6) is -5.95. The van der Waals surface area contributed by atoms with Crippen molar-refractivity contribution in [1.82, 2.24) is 25.0 Å². The highest BCUT2D eigenvalue weighted by atomic mass is 35.5. The van der Waals surface area contributed by atoms with Gasteiger partial charge in [0.2, 0.25) is 11.8 Å². The number of likely N-dealkylation sites (N-methyl/N-ethyl adjacent to an activating group) is 2. The van der Waals surface area contributed by atoms with Crippen LogP contribution in [-0.4, -0.2) is 106 Å². The Kier molecular flexibility index (Phi) is 12.3. The van der Waals surface area contributed by atoms with E-state index in [9.17, 15) is 43.2 Å². The first-order chi connectivity index (χ1) is 25.5. The van der Waals surface area contributed by atoms with E-state index in [2.05, 4.69) is 15.6 Å². The lowest BCUT2D eigenvalue weighted by atomic mass is 10.1. The molecular weight excluding hydrogens is 755 g/mol. The van der Waals surface area contributed by atoms with Crippen LogP contribution in [0.15, 0.2) is 72.9 Å². The Bertz CT molecular complexity index is 2100. The van der Waals surface area contributed by atoms with Crippen LogP contribution in [0.4, 0.5) is 25.0 Å². The lowest BCUT2D eigenvalue weighted by molar-refractivity contribution is -0.384. The van der Waals surface area contributed by atoms with Crippen LogP contribution in [-0.2, 0) is 9.59 Å². The first-order valence-electron chi connectivity index (χ1n) is 16.2. The van der Waals surface area contributed by atoms with E-state index in [1.807, 2.05) is 0 Å². The van der Waals surface area contributed by atoms with E-state index in [1.54, 1.807) is 30.3 Å². The molecule has 1 aliphatic rings. The number of amides is 4. The summed E-state index contributed by atoms with van der Waals surface area (Å²) in [5, 5.41) is 27.5. The van der Waals surface area contributed by atoms with Crippen LogP contribution in [0.25, 0.3) is 10.9 Å². The van der Waals surface area contributed by atoms with Gasteiger partial charge >= 0.3 is 6.09 Å². The number of alkyl halides is 2. The number of aliphatic hydroxyl groups is 1. The Balaban J connectivity index is 1.17. The van der Waals surface area contributed by atoms with Gasteiger partial charge in [0, 0.05) is 67.9 Å². The van der Waals surface area contributed by atoms with Gasteiger partial charge in [0.05, 0.1) is 39.8 Å². The molecule has 1 aliphatic heterocycles. The molecule has 0 radical (unpaired) electrons. The molecule has 284 valence electrons. The van der Waals surface area contributed by atoms with Crippen molar-refractivity contribution in [3.63, 3.8) is 0 Å². The Morgan fingerprint density at radius 3 is 2.52 bits per heavy atom. The van der Waals surface area contributed by atoms with Crippen molar-refractivity contribution >= 4 is 69.3 Å². The second-order valence-electron chi connectivity index (χ2n) is 12.4. The molecule has 3 N–H and O–H groups in total. The molecule has 19 heteroatoms. The van der Waals surface area contributed by atoms with Crippen molar-refractivity contribution in [3.05, 3.63) is 104 Å². The molecule has 15 nitrogen and oxygen atoms in total. The monoisotopic (exact) mass is 787 g/mol. The van der Waals surface area contributed by atoms with Gasteiger partial charge in [0.15, 0.2) is 0 Å². The maximum absolute atomic E-state index is 14.6. The predicted molar refractivity (Wildman–Crippen MR) is 194 cm³/mol.